The molecule has 0 aromatic carbocycles. The fourth-order valence-electron chi connectivity index (χ4n) is 1.85. The number of anilines is 1. The van der Waals surface area contributed by atoms with E-state index in [1.54, 1.807) is 0 Å². The number of hydrogen-bond donors (Lipinski definition) is 2. The van der Waals surface area contributed by atoms with Crippen LogP contribution in [0.3, 0.4) is 0 Å². The Morgan fingerprint density at radius 1 is 1.42 bits per heavy atom. The maximum Gasteiger partial charge on any atom is 0.282 e. The number of ether oxygens (including phenoxy) is 1. The number of nitrogens with zero attached hydrogens (tertiary/aromatic N) is 3. The van der Waals surface area contributed by atoms with Crippen LogP contribution in [0.2, 0.25) is 0 Å². The molecule has 3 N–H and O–H groups in total. The second-order valence-corrected chi connectivity index (χ2v) is 4.40. The Morgan fingerprint density at radius 3 is 3.05 bits per heavy atom. The number of fused-ring (bicyclic) bond motifs is 1. The lowest BCUT2D eigenvalue weighted by atomic mass is 10.2. The lowest BCUT2D eigenvalue weighted by molar-refractivity contribution is 0.0729. The van der Waals surface area contributed by atoms with Crippen LogP contribution < -0.4 is 11.3 Å². The van der Waals surface area contributed by atoms with Crippen molar-refractivity contribution in [2.45, 2.75) is 39.3 Å². The monoisotopic (exact) mass is 265 g/mol. The number of nitrogen functional groups attached to an aromatic ring is 1. The van der Waals surface area contributed by atoms with E-state index in [1.165, 1.54) is 23.7 Å². The van der Waals surface area contributed by atoms with Crippen LogP contribution in [0.1, 0.15) is 32.6 Å². The van der Waals surface area contributed by atoms with Gasteiger partial charge in [0.05, 0.1) is 6.33 Å². The molecule has 2 aromatic rings. The SMILES string of the molecule is CCCCCCOCn1c(N)nc2nc[nH]c2c1=O. The fraction of sp³-hybridized carbons (Fsp3) is 0.583. The van der Waals surface area contributed by atoms with Crippen molar-refractivity contribution >= 4 is 17.1 Å². The maximum absolute atomic E-state index is 12.1. The normalized spacial score (nSPS) is 11.2. The third kappa shape index (κ3) is 3.11. The van der Waals surface area contributed by atoms with Crippen LogP contribution in [0.25, 0.3) is 11.2 Å². The molecular formula is C12H19N5O2. The molecule has 104 valence electrons. The molecular weight excluding hydrogens is 246 g/mol. The predicted molar refractivity (Wildman–Crippen MR) is 72.7 cm³/mol. The van der Waals surface area contributed by atoms with Crippen LogP contribution in [0.4, 0.5) is 5.95 Å². The highest BCUT2D eigenvalue weighted by molar-refractivity contribution is 5.69. The minimum atomic E-state index is -0.256. The van der Waals surface area contributed by atoms with Gasteiger partial charge in [-0.15, -0.1) is 0 Å². The number of nitrogens with two attached hydrogens (primary N) is 1. The van der Waals surface area contributed by atoms with E-state index in [0.29, 0.717) is 17.8 Å². The van der Waals surface area contributed by atoms with Crippen LogP contribution in [0.5, 0.6) is 0 Å². The number of nitrogens with one attached hydrogen (secondary N) is 1. The van der Waals surface area contributed by atoms with Gasteiger partial charge in [-0.05, 0) is 6.42 Å². The summed E-state index contributed by atoms with van der Waals surface area (Å²) in [5, 5.41) is 0. The summed E-state index contributed by atoms with van der Waals surface area (Å²) >= 11 is 0. The number of rotatable bonds is 7. The van der Waals surface area contributed by atoms with Crippen LogP contribution >= 0.6 is 0 Å². The van der Waals surface area contributed by atoms with E-state index < -0.39 is 0 Å². The van der Waals surface area contributed by atoms with Crippen molar-refractivity contribution in [2.75, 3.05) is 12.3 Å². The Kier molecular flexibility index (Phi) is 4.51. The van der Waals surface area contributed by atoms with Gasteiger partial charge in [0.15, 0.2) is 11.2 Å². The van der Waals surface area contributed by atoms with Crippen molar-refractivity contribution in [3.8, 4) is 0 Å². The van der Waals surface area contributed by atoms with Crippen molar-refractivity contribution in [1.29, 1.82) is 0 Å². The van der Waals surface area contributed by atoms with E-state index >= 15 is 0 Å². The van der Waals surface area contributed by atoms with Crippen molar-refractivity contribution in [3.05, 3.63) is 16.7 Å². The summed E-state index contributed by atoms with van der Waals surface area (Å²) in [4.78, 5) is 22.8. The summed E-state index contributed by atoms with van der Waals surface area (Å²) in [6, 6.07) is 0. The van der Waals surface area contributed by atoms with E-state index in [-0.39, 0.29) is 18.2 Å². The van der Waals surface area contributed by atoms with E-state index in [2.05, 4.69) is 21.9 Å². The number of unbranched alkanes of at least 4 members (excludes halogenated alkanes) is 3. The van der Waals surface area contributed by atoms with E-state index in [4.69, 9.17) is 10.5 Å². The predicted octanol–water partition coefficient (Wildman–Crippen LogP) is 1.26. The molecule has 0 atom stereocenters. The molecule has 2 aromatic heterocycles. The Morgan fingerprint density at radius 2 is 2.26 bits per heavy atom. The molecule has 0 aliphatic rings. The Balaban J connectivity index is 1.98. The molecule has 7 nitrogen and oxygen atoms in total. The minimum Gasteiger partial charge on any atom is -0.369 e. The molecule has 0 spiro atoms. The van der Waals surface area contributed by atoms with Gasteiger partial charge < -0.3 is 15.5 Å². The van der Waals surface area contributed by atoms with E-state index in [1.807, 2.05) is 0 Å². The molecule has 0 radical (unpaired) electrons. The van der Waals surface area contributed by atoms with Crippen molar-refractivity contribution in [2.24, 2.45) is 0 Å². The quantitative estimate of drug-likeness (QED) is 0.734. The molecule has 0 aliphatic heterocycles. The molecule has 0 saturated heterocycles. The lowest BCUT2D eigenvalue weighted by Crippen LogP contribution is -2.26. The Labute approximate surface area is 110 Å². The molecule has 2 heterocycles. The van der Waals surface area contributed by atoms with Gasteiger partial charge in [-0.3, -0.25) is 9.36 Å². The van der Waals surface area contributed by atoms with Crippen LogP contribution in [-0.4, -0.2) is 26.1 Å². The zero-order chi connectivity index (χ0) is 13.7. The second-order valence-electron chi connectivity index (χ2n) is 4.40. The molecule has 0 unspecified atom stereocenters. The number of imidazole rings is 1. The van der Waals surface area contributed by atoms with Crippen LogP contribution in [0.15, 0.2) is 11.1 Å². The third-order valence-electron chi connectivity index (χ3n) is 2.94. The third-order valence-corrected chi connectivity index (χ3v) is 2.94. The molecule has 2 rings (SSSR count). The minimum absolute atomic E-state index is 0.123. The van der Waals surface area contributed by atoms with Gasteiger partial charge in [0.25, 0.3) is 5.56 Å². The maximum atomic E-state index is 12.1. The average molecular weight is 265 g/mol. The van der Waals surface area contributed by atoms with E-state index in [0.717, 1.165) is 12.8 Å². The second kappa shape index (κ2) is 6.33. The molecule has 0 saturated carbocycles. The lowest BCUT2D eigenvalue weighted by Gasteiger charge is -2.09. The van der Waals surface area contributed by atoms with Crippen LogP contribution in [0, 0.1) is 0 Å². The summed E-state index contributed by atoms with van der Waals surface area (Å²) in [7, 11) is 0. The number of aromatic amines is 1. The zero-order valence-electron chi connectivity index (χ0n) is 11.1. The Hall–Kier alpha value is -1.89. The molecule has 19 heavy (non-hydrogen) atoms. The fourth-order valence-corrected chi connectivity index (χ4v) is 1.85. The zero-order valence-corrected chi connectivity index (χ0v) is 11.1. The van der Waals surface area contributed by atoms with Gasteiger partial charge in [-0.1, -0.05) is 26.2 Å². The highest BCUT2D eigenvalue weighted by Crippen LogP contribution is 2.05. The standard InChI is InChI=1S/C12H19N5O2/c1-2-3-4-5-6-19-8-17-11(18)9-10(15-7-14-9)16-12(17)13/h7H,2-6,8H2,1H3,(H2,13,16)(H,14,15). The summed E-state index contributed by atoms with van der Waals surface area (Å²) in [5.74, 6) is 0.123. The first-order chi connectivity index (χ1) is 9.24. The first kappa shape index (κ1) is 13.5. The smallest absolute Gasteiger partial charge is 0.282 e. The highest BCUT2D eigenvalue weighted by atomic mass is 16.5. The van der Waals surface area contributed by atoms with Gasteiger partial charge in [0.2, 0.25) is 5.95 Å². The van der Waals surface area contributed by atoms with Crippen molar-refractivity contribution in [1.82, 2.24) is 19.5 Å². The van der Waals surface area contributed by atoms with Gasteiger partial charge in [0.1, 0.15) is 6.73 Å². The van der Waals surface area contributed by atoms with Gasteiger partial charge in [-0.25, -0.2) is 4.98 Å². The first-order valence-corrected chi connectivity index (χ1v) is 6.51. The first-order valence-electron chi connectivity index (χ1n) is 6.51. The molecule has 0 bridgehead atoms. The van der Waals surface area contributed by atoms with Crippen LogP contribution in [-0.2, 0) is 11.5 Å². The van der Waals surface area contributed by atoms with E-state index in [9.17, 15) is 4.79 Å². The number of H-pyrrole nitrogens is 1. The average Bonchev–Trinajstić information content (AvgIpc) is 2.85. The van der Waals surface area contributed by atoms with Crippen molar-refractivity contribution in [3.63, 3.8) is 0 Å². The summed E-state index contributed by atoms with van der Waals surface area (Å²) in [6.07, 6.45) is 5.94. The molecule has 0 fully saturated rings. The molecule has 0 amide bonds. The molecule has 7 heteroatoms. The number of aromatic nitrogens is 4. The molecule has 0 aliphatic carbocycles. The van der Waals surface area contributed by atoms with Gasteiger partial charge in [-0.2, -0.15) is 4.98 Å². The largest absolute Gasteiger partial charge is 0.369 e. The Bertz CT molecular complexity index is 589. The number of hydrogen-bond acceptors (Lipinski definition) is 5. The summed E-state index contributed by atoms with van der Waals surface area (Å²) in [6.45, 7) is 2.90. The summed E-state index contributed by atoms with van der Waals surface area (Å²) in [5.41, 5.74) is 6.16. The topological polar surface area (TPSA) is 98.8 Å². The van der Waals surface area contributed by atoms with Gasteiger partial charge in [0, 0.05) is 6.61 Å². The summed E-state index contributed by atoms with van der Waals surface area (Å²) < 4.78 is 6.77. The highest BCUT2D eigenvalue weighted by Gasteiger charge is 2.10. The van der Waals surface area contributed by atoms with Crippen molar-refractivity contribution < 1.29 is 4.74 Å². The van der Waals surface area contributed by atoms with Gasteiger partial charge >= 0.3 is 0 Å².